The van der Waals surface area contributed by atoms with Gasteiger partial charge in [0.1, 0.15) is 11.8 Å². The second-order valence-corrected chi connectivity index (χ2v) is 8.41. The number of piperazine rings is 1. The highest BCUT2D eigenvalue weighted by Crippen LogP contribution is 2.39. The molecule has 3 aromatic heterocycles. The van der Waals surface area contributed by atoms with E-state index >= 15 is 0 Å². The van der Waals surface area contributed by atoms with Crippen LogP contribution in [0.5, 0.6) is 0 Å². The Balaban J connectivity index is 1.70. The summed E-state index contributed by atoms with van der Waals surface area (Å²) >= 11 is 0. The van der Waals surface area contributed by atoms with Gasteiger partial charge in [0, 0.05) is 31.9 Å². The molecular formula is C21H27N5O. The minimum absolute atomic E-state index is 0.588. The van der Waals surface area contributed by atoms with Crippen LogP contribution in [0.25, 0.3) is 22.2 Å². The number of aryl methyl sites for hydroxylation is 1. The van der Waals surface area contributed by atoms with Crippen molar-refractivity contribution in [3.63, 3.8) is 0 Å². The van der Waals surface area contributed by atoms with Crippen LogP contribution in [0.3, 0.4) is 0 Å². The first kappa shape index (κ1) is 16.9. The van der Waals surface area contributed by atoms with Crippen molar-refractivity contribution in [2.24, 2.45) is 5.92 Å². The van der Waals surface area contributed by atoms with Crippen molar-refractivity contribution in [1.82, 2.24) is 19.9 Å². The Morgan fingerprint density at radius 3 is 2.63 bits per heavy atom. The van der Waals surface area contributed by atoms with Gasteiger partial charge >= 0.3 is 0 Å². The fraction of sp³-hybridized carbons (Fsp3) is 0.571. The first-order chi connectivity index (χ1) is 13.1. The molecule has 1 aliphatic heterocycles. The number of furan rings is 1. The second-order valence-electron chi connectivity index (χ2n) is 8.41. The Labute approximate surface area is 159 Å². The van der Waals surface area contributed by atoms with Gasteiger partial charge in [-0.3, -0.25) is 0 Å². The number of rotatable bonds is 3. The molecule has 3 aromatic rings. The number of aromatic nitrogens is 3. The highest BCUT2D eigenvalue weighted by Gasteiger charge is 2.27. The SMILES string of the molecule is CC(C)Cc1nc2oc3c(N4CCN(C)CC4)ncnc3c2c2c1CCC2. The Kier molecular flexibility index (Phi) is 4.04. The maximum atomic E-state index is 6.32. The van der Waals surface area contributed by atoms with Crippen molar-refractivity contribution in [2.45, 2.75) is 39.5 Å². The number of likely N-dealkylation sites (N-methyl/N-ethyl adjacent to an activating group) is 1. The second kappa shape index (κ2) is 6.44. The minimum Gasteiger partial charge on any atom is -0.432 e. The van der Waals surface area contributed by atoms with Crippen molar-refractivity contribution in [3.05, 3.63) is 23.1 Å². The predicted molar refractivity (Wildman–Crippen MR) is 107 cm³/mol. The van der Waals surface area contributed by atoms with Gasteiger partial charge in [-0.1, -0.05) is 13.8 Å². The zero-order valence-corrected chi connectivity index (χ0v) is 16.5. The third-order valence-electron chi connectivity index (χ3n) is 5.94. The molecule has 6 nitrogen and oxygen atoms in total. The summed E-state index contributed by atoms with van der Waals surface area (Å²) in [4.78, 5) is 18.8. The van der Waals surface area contributed by atoms with Crippen molar-refractivity contribution in [2.75, 3.05) is 38.1 Å². The van der Waals surface area contributed by atoms with Gasteiger partial charge in [-0.05, 0) is 49.8 Å². The van der Waals surface area contributed by atoms with E-state index in [9.17, 15) is 0 Å². The van der Waals surface area contributed by atoms with Gasteiger partial charge in [0.25, 0.3) is 0 Å². The molecule has 5 rings (SSSR count). The molecule has 0 N–H and O–H groups in total. The lowest BCUT2D eigenvalue weighted by atomic mass is 9.99. The fourth-order valence-electron chi connectivity index (χ4n) is 4.56. The van der Waals surface area contributed by atoms with Crippen LogP contribution in [-0.4, -0.2) is 53.1 Å². The molecule has 1 saturated heterocycles. The standard InChI is InChI=1S/C21H27N5O/c1-13(2)11-16-14-5-4-6-15(14)17-18-19(27-21(17)24-16)20(23-12-22-18)26-9-7-25(3)8-10-26/h12-13H,4-11H2,1-3H3. The predicted octanol–water partition coefficient (Wildman–Crippen LogP) is 3.21. The van der Waals surface area contributed by atoms with Gasteiger partial charge in [-0.15, -0.1) is 0 Å². The molecule has 0 spiro atoms. The van der Waals surface area contributed by atoms with E-state index in [1.54, 1.807) is 6.33 Å². The molecule has 6 heteroatoms. The quantitative estimate of drug-likeness (QED) is 0.710. The van der Waals surface area contributed by atoms with Gasteiger partial charge < -0.3 is 14.2 Å². The first-order valence-electron chi connectivity index (χ1n) is 10.1. The monoisotopic (exact) mass is 365 g/mol. The molecule has 142 valence electrons. The third-order valence-corrected chi connectivity index (χ3v) is 5.94. The summed E-state index contributed by atoms with van der Waals surface area (Å²) < 4.78 is 6.32. The summed E-state index contributed by atoms with van der Waals surface area (Å²) in [7, 11) is 2.16. The highest BCUT2D eigenvalue weighted by molar-refractivity contribution is 6.06. The minimum atomic E-state index is 0.588. The van der Waals surface area contributed by atoms with Crippen LogP contribution in [0.2, 0.25) is 0 Å². The highest BCUT2D eigenvalue weighted by atomic mass is 16.3. The summed E-state index contributed by atoms with van der Waals surface area (Å²) in [5.74, 6) is 1.51. The summed E-state index contributed by atoms with van der Waals surface area (Å²) in [6, 6.07) is 0. The van der Waals surface area contributed by atoms with Crippen LogP contribution in [0.4, 0.5) is 5.82 Å². The maximum absolute atomic E-state index is 6.32. The molecule has 0 aromatic carbocycles. The van der Waals surface area contributed by atoms with Gasteiger partial charge in [0.15, 0.2) is 11.4 Å². The number of fused-ring (bicyclic) bond motifs is 5. The zero-order valence-electron chi connectivity index (χ0n) is 16.5. The molecule has 0 unspecified atom stereocenters. The Bertz CT molecular complexity index is 1000. The molecule has 2 aliphatic rings. The number of hydrogen-bond acceptors (Lipinski definition) is 6. The Morgan fingerprint density at radius 1 is 1.07 bits per heavy atom. The molecule has 0 amide bonds. The number of hydrogen-bond donors (Lipinski definition) is 0. The lowest BCUT2D eigenvalue weighted by Gasteiger charge is -2.32. The van der Waals surface area contributed by atoms with E-state index in [0.29, 0.717) is 5.92 Å². The lowest BCUT2D eigenvalue weighted by Crippen LogP contribution is -2.44. The van der Waals surface area contributed by atoms with E-state index in [1.165, 1.54) is 23.2 Å². The average Bonchev–Trinajstić information content (AvgIpc) is 3.25. The van der Waals surface area contributed by atoms with E-state index in [0.717, 1.165) is 73.5 Å². The van der Waals surface area contributed by atoms with Gasteiger partial charge in [0.05, 0.1) is 5.39 Å². The lowest BCUT2D eigenvalue weighted by molar-refractivity contribution is 0.312. The van der Waals surface area contributed by atoms with Crippen molar-refractivity contribution >= 4 is 28.0 Å². The largest absolute Gasteiger partial charge is 0.432 e. The van der Waals surface area contributed by atoms with E-state index in [1.807, 2.05) is 0 Å². The van der Waals surface area contributed by atoms with Crippen molar-refractivity contribution < 1.29 is 4.42 Å². The van der Waals surface area contributed by atoms with E-state index in [-0.39, 0.29) is 0 Å². The summed E-state index contributed by atoms with van der Waals surface area (Å²) in [5, 5.41) is 1.13. The maximum Gasteiger partial charge on any atom is 0.229 e. The van der Waals surface area contributed by atoms with E-state index in [4.69, 9.17) is 9.40 Å². The van der Waals surface area contributed by atoms with Crippen LogP contribution in [0.15, 0.2) is 10.7 Å². The number of anilines is 1. The zero-order chi connectivity index (χ0) is 18.5. The summed E-state index contributed by atoms with van der Waals surface area (Å²) in [6.07, 6.45) is 6.12. The summed E-state index contributed by atoms with van der Waals surface area (Å²) in [5.41, 5.74) is 6.57. The van der Waals surface area contributed by atoms with Crippen LogP contribution < -0.4 is 4.90 Å². The molecular weight excluding hydrogens is 338 g/mol. The van der Waals surface area contributed by atoms with Crippen LogP contribution in [0.1, 0.15) is 37.1 Å². The molecule has 4 heterocycles. The van der Waals surface area contributed by atoms with Crippen molar-refractivity contribution in [1.29, 1.82) is 0 Å². The van der Waals surface area contributed by atoms with E-state index < -0.39 is 0 Å². The fourth-order valence-corrected chi connectivity index (χ4v) is 4.56. The normalized spacial score (nSPS) is 18.1. The summed E-state index contributed by atoms with van der Waals surface area (Å²) in [6.45, 7) is 8.51. The molecule has 1 aliphatic carbocycles. The average molecular weight is 365 g/mol. The first-order valence-corrected chi connectivity index (χ1v) is 10.1. The van der Waals surface area contributed by atoms with Crippen LogP contribution in [-0.2, 0) is 19.3 Å². The van der Waals surface area contributed by atoms with Crippen LogP contribution in [0, 0.1) is 5.92 Å². The Hall–Kier alpha value is -2.21. The molecule has 1 fully saturated rings. The smallest absolute Gasteiger partial charge is 0.229 e. The van der Waals surface area contributed by atoms with Gasteiger partial charge in [-0.25, -0.2) is 15.0 Å². The molecule has 0 atom stereocenters. The molecule has 0 bridgehead atoms. The molecule has 27 heavy (non-hydrogen) atoms. The Morgan fingerprint density at radius 2 is 1.85 bits per heavy atom. The van der Waals surface area contributed by atoms with E-state index in [2.05, 4.69) is 40.7 Å². The molecule has 0 radical (unpaired) electrons. The number of pyridine rings is 1. The van der Waals surface area contributed by atoms with Crippen LogP contribution >= 0.6 is 0 Å². The molecule has 0 saturated carbocycles. The number of nitrogens with zero attached hydrogens (tertiary/aromatic N) is 5. The topological polar surface area (TPSA) is 58.3 Å². The van der Waals surface area contributed by atoms with Gasteiger partial charge in [0.2, 0.25) is 5.71 Å². The third kappa shape index (κ3) is 2.78. The van der Waals surface area contributed by atoms with Gasteiger partial charge in [-0.2, -0.15) is 0 Å². The van der Waals surface area contributed by atoms with Crippen molar-refractivity contribution in [3.8, 4) is 0 Å².